The molecular weight excluding hydrogens is 178 g/mol. The molecule has 0 aliphatic carbocycles. The van der Waals surface area contributed by atoms with Gasteiger partial charge in [-0.3, -0.25) is 0 Å². The fourth-order valence-corrected chi connectivity index (χ4v) is 0.832. The summed E-state index contributed by atoms with van der Waals surface area (Å²) in [6.45, 7) is 0.379. The lowest BCUT2D eigenvalue weighted by atomic mass is 10.2. The molecule has 1 heterocycles. The summed E-state index contributed by atoms with van der Waals surface area (Å²) in [5.74, 6) is 6.11. The topological polar surface area (TPSA) is 87.7 Å². The number of anilines is 1. The first-order chi connectivity index (χ1) is 6.84. The number of nitrogen functional groups attached to an aromatic ring is 1. The third kappa shape index (κ3) is 3.05. The fourth-order valence-electron chi connectivity index (χ4n) is 0.832. The number of rotatable bonds is 2. The third-order valence-corrected chi connectivity index (χ3v) is 1.46. The monoisotopic (exact) mass is 187 g/mol. The molecule has 0 radical (unpaired) electrons. The predicted octanol–water partition coefficient (Wildman–Crippen LogP) is 1.72. The van der Waals surface area contributed by atoms with Crippen molar-refractivity contribution in [1.29, 1.82) is 0 Å². The van der Waals surface area contributed by atoms with Crippen molar-refractivity contribution in [1.82, 2.24) is 4.98 Å². The Labute approximate surface area is 81.6 Å². The van der Waals surface area contributed by atoms with Gasteiger partial charge in [-0.25, -0.2) is 4.98 Å². The lowest BCUT2D eigenvalue weighted by molar-refractivity contribution is 1.01. The highest BCUT2D eigenvalue weighted by Crippen LogP contribution is 2.03. The maximum atomic E-state index is 8.01. The van der Waals surface area contributed by atoms with Gasteiger partial charge in [0, 0.05) is 24.1 Å². The predicted molar refractivity (Wildman–Crippen MR) is 54.2 cm³/mol. The maximum Gasteiger partial charge on any atom is 0.139 e. The second-order valence-corrected chi connectivity index (χ2v) is 2.44. The minimum atomic E-state index is 0.379. The summed E-state index contributed by atoms with van der Waals surface area (Å²) in [4.78, 5) is 6.51. The van der Waals surface area contributed by atoms with E-state index in [1.807, 2.05) is 0 Å². The van der Waals surface area contributed by atoms with Gasteiger partial charge >= 0.3 is 0 Å². The summed E-state index contributed by atoms with van der Waals surface area (Å²) in [7, 11) is 0. The highest BCUT2D eigenvalue weighted by Gasteiger charge is 1.91. The average Bonchev–Trinajstić information content (AvgIpc) is 2.20. The largest absolute Gasteiger partial charge is 0.383 e. The molecule has 0 unspecified atom stereocenters. The molecule has 0 bridgehead atoms. The van der Waals surface area contributed by atoms with Crippen molar-refractivity contribution >= 4 is 5.82 Å². The number of aromatic nitrogens is 1. The van der Waals surface area contributed by atoms with Crippen LogP contribution in [-0.4, -0.2) is 11.5 Å². The van der Waals surface area contributed by atoms with E-state index in [4.69, 9.17) is 11.3 Å². The van der Waals surface area contributed by atoms with Crippen LogP contribution >= 0.6 is 0 Å². The molecule has 1 aromatic heterocycles. The maximum absolute atomic E-state index is 8.01. The molecule has 0 fully saturated rings. The van der Waals surface area contributed by atoms with Crippen LogP contribution in [0.15, 0.2) is 23.4 Å². The molecule has 0 atom stereocenters. The number of nitrogens with two attached hydrogens (primary N) is 1. The minimum absolute atomic E-state index is 0.379. The zero-order valence-corrected chi connectivity index (χ0v) is 7.51. The molecule has 5 nitrogen and oxygen atoms in total. The van der Waals surface area contributed by atoms with Crippen molar-refractivity contribution in [3.8, 4) is 11.8 Å². The molecule has 70 valence electrons. The summed E-state index contributed by atoms with van der Waals surface area (Å²) >= 11 is 0. The van der Waals surface area contributed by atoms with E-state index in [1.165, 1.54) is 0 Å². The van der Waals surface area contributed by atoms with Gasteiger partial charge in [0.2, 0.25) is 0 Å². The molecule has 0 amide bonds. The summed E-state index contributed by atoms with van der Waals surface area (Å²) < 4.78 is 0. The van der Waals surface area contributed by atoms with Crippen LogP contribution in [0.2, 0.25) is 0 Å². The van der Waals surface area contributed by atoms with Gasteiger partial charge < -0.3 is 5.73 Å². The molecule has 0 saturated carbocycles. The third-order valence-electron chi connectivity index (χ3n) is 1.46. The van der Waals surface area contributed by atoms with Crippen molar-refractivity contribution in [2.45, 2.75) is 6.42 Å². The molecule has 0 aromatic carbocycles. The van der Waals surface area contributed by atoms with Gasteiger partial charge in [0.25, 0.3) is 0 Å². The van der Waals surface area contributed by atoms with Gasteiger partial charge in [0.15, 0.2) is 0 Å². The molecule has 0 aliphatic rings. The molecule has 0 spiro atoms. The zero-order valence-electron chi connectivity index (χ0n) is 7.51. The number of hydrogen-bond acceptors (Lipinski definition) is 3. The summed E-state index contributed by atoms with van der Waals surface area (Å²) in [5, 5.41) is 3.36. The molecule has 5 heteroatoms. The molecule has 1 aromatic rings. The van der Waals surface area contributed by atoms with Crippen molar-refractivity contribution in [2.75, 3.05) is 12.3 Å². The first-order valence-electron chi connectivity index (χ1n) is 4.05. The Morgan fingerprint density at radius 2 is 2.50 bits per heavy atom. The Hall–Kier alpha value is -2.18. The Morgan fingerprint density at radius 1 is 1.64 bits per heavy atom. The average molecular weight is 187 g/mol. The van der Waals surface area contributed by atoms with E-state index < -0.39 is 0 Å². The van der Waals surface area contributed by atoms with Crippen molar-refractivity contribution in [2.24, 2.45) is 5.11 Å². The van der Waals surface area contributed by atoms with Crippen LogP contribution in [-0.2, 0) is 0 Å². The van der Waals surface area contributed by atoms with E-state index >= 15 is 0 Å². The Bertz CT molecular complexity index is 409. The SMILES string of the molecule is [N-]=[N+]=NCCC#Cc1cccnc1N. The molecule has 0 saturated heterocycles. The second kappa shape index (κ2) is 5.46. The van der Waals surface area contributed by atoms with Crippen molar-refractivity contribution < 1.29 is 0 Å². The van der Waals surface area contributed by atoms with Crippen LogP contribution in [0.1, 0.15) is 12.0 Å². The lowest BCUT2D eigenvalue weighted by Gasteiger charge is -1.93. The highest BCUT2D eigenvalue weighted by atomic mass is 15.1. The van der Waals surface area contributed by atoms with Gasteiger partial charge in [-0.15, -0.1) is 0 Å². The Balaban J connectivity index is 2.59. The van der Waals surface area contributed by atoms with E-state index in [1.54, 1.807) is 18.3 Å². The van der Waals surface area contributed by atoms with Crippen molar-refractivity contribution in [3.63, 3.8) is 0 Å². The first-order valence-corrected chi connectivity index (χ1v) is 4.05. The molecule has 14 heavy (non-hydrogen) atoms. The van der Waals surface area contributed by atoms with Crippen LogP contribution in [0, 0.1) is 11.8 Å². The van der Waals surface area contributed by atoms with Gasteiger partial charge in [0.05, 0.1) is 5.56 Å². The summed E-state index contributed by atoms with van der Waals surface area (Å²) in [6, 6.07) is 3.57. The van der Waals surface area contributed by atoms with Crippen LogP contribution < -0.4 is 5.73 Å². The van der Waals surface area contributed by atoms with Crippen LogP contribution in [0.3, 0.4) is 0 Å². The van der Waals surface area contributed by atoms with Gasteiger partial charge in [-0.2, -0.15) is 0 Å². The molecular formula is C9H9N5. The fraction of sp³-hybridized carbons (Fsp3) is 0.222. The van der Waals surface area contributed by atoms with Gasteiger partial charge in [-0.1, -0.05) is 17.0 Å². The smallest absolute Gasteiger partial charge is 0.139 e. The zero-order chi connectivity index (χ0) is 10.2. The van der Waals surface area contributed by atoms with Gasteiger partial charge in [-0.05, 0) is 17.7 Å². The lowest BCUT2D eigenvalue weighted by Crippen LogP contribution is -1.92. The van der Waals surface area contributed by atoms with E-state index in [9.17, 15) is 0 Å². The van der Waals surface area contributed by atoms with E-state index in [-0.39, 0.29) is 0 Å². The van der Waals surface area contributed by atoms with Crippen LogP contribution in [0.25, 0.3) is 10.4 Å². The molecule has 2 N–H and O–H groups in total. The first kappa shape index (κ1) is 9.90. The Kier molecular flexibility index (Phi) is 3.86. The quantitative estimate of drug-likeness (QED) is 0.251. The van der Waals surface area contributed by atoms with E-state index in [2.05, 4.69) is 26.9 Å². The summed E-state index contributed by atoms with van der Waals surface area (Å²) in [6.07, 6.45) is 2.14. The number of hydrogen-bond donors (Lipinski definition) is 1. The molecule has 0 aliphatic heterocycles. The highest BCUT2D eigenvalue weighted by molar-refractivity contribution is 5.49. The van der Waals surface area contributed by atoms with E-state index in [0.717, 1.165) is 0 Å². The minimum Gasteiger partial charge on any atom is -0.383 e. The normalized spacial score (nSPS) is 8.29. The van der Waals surface area contributed by atoms with Crippen LogP contribution in [0.5, 0.6) is 0 Å². The van der Waals surface area contributed by atoms with E-state index in [0.29, 0.717) is 24.3 Å². The molecule has 1 rings (SSSR count). The number of azide groups is 1. The van der Waals surface area contributed by atoms with Gasteiger partial charge in [0.1, 0.15) is 5.82 Å². The second-order valence-electron chi connectivity index (χ2n) is 2.44. The number of nitrogens with zero attached hydrogens (tertiary/aromatic N) is 4. The standard InChI is InChI=1S/C9H9N5/c10-9-8(5-3-6-12-9)4-1-2-7-13-14-11/h3,5-6H,2,7H2,(H2,10,12). The van der Waals surface area contributed by atoms with Crippen molar-refractivity contribution in [3.05, 3.63) is 34.3 Å². The number of pyridine rings is 1. The Morgan fingerprint density at radius 3 is 3.21 bits per heavy atom. The summed E-state index contributed by atoms with van der Waals surface area (Å²) in [5.41, 5.74) is 14.3. The van der Waals surface area contributed by atoms with Crippen LogP contribution in [0.4, 0.5) is 5.82 Å².